The van der Waals surface area contributed by atoms with E-state index in [9.17, 15) is 9.59 Å². The highest BCUT2D eigenvalue weighted by molar-refractivity contribution is 6.05. The molecule has 1 aliphatic carbocycles. The lowest BCUT2D eigenvalue weighted by Crippen LogP contribution is -2.37. The lowest BCUT2D eigenvalue weighted by Gasteiger charge is -2.21. The van der Waals surface area contributed by atoms with Crippen LogP contribution < -0.4 is 4.90 Å². The average Bonchev–Trinajstić information content (AvgIpc) is 3.50. The molecule has 0 saturated heterocycles. The van der Waals surface area contributed by atoms with E-state index in [1.165, 1.54) is 4.90 Å². The normalized spacial score (nSPS) is 14.7. The maximum absolute atomic E-state index is 12.9. The smallest absolute Gasteiger partial charge is 0.339 e. The molecule has 144 valence electrons. The van der Waals surface area contributed by atoms with Gasteiger partial charge in [0.15, 0.2) is 6.10 Å². The summed E-state index contributed by atoms with van der Waals surface area (Å²) in [5, 5.41) is 4.45. The van der Waals surface area contributed by atoms with Gasteiger partial charge in [0.2, 0.25) is 0 Å². The number of esters is 1. The van der Waals surface area contributed by atoms with Crippen molar-refractivity contribution in [3.05, 3.63) is 53.3 Å². The van der Waals surface area contributed by atoms with E-state index in [-0.39, 0.29) is 5.91 Å². The van der Waals surface area contributed by atoms with Crippen LogP contribution in [0.1, 0.15) is 47.4 Å². The second-order valence-electron chi connectivity index (χ2n) is 7.10. The van der Waals surface area contributed by atoms with Crippen molar-refractivity contribution >= 4 is 28.7 Å². The summed E-state index contributed by atoms with van der Waals surface area (Å²) in [6.07, 6.45) is 1.14. The number of nitrogens with zero attached hydrogens (tertiary/aromatic N) is 3. The molecular formula is C21H21N3O4. The van der Waals surface area contributed by atoms with Crippen LogP contribution in [0.3, 0.4) is 0 Å². The van der Waals surface area contributed by atoms with Gasteiger partial charge in [-0.05, 0) is 44.9 Å². The maximum Gasteiger partial charge on any atom is 0.339 e. The van der Waals surface area contributed by atoms with E-state index in [2.05, 4.69) is 10.1 Å². The van der Waals surface area contributed by atoms with Crippen LogP contribution in [-0.4, -0.2) is 35.2 Å². The lowest BCUT2D eigenvalue weighted by molar-refractivity contribution is -0.126. The van der Waals surface area contributed by atoms with Crippen molar-refractivity contribution in [2.45, 2.75) is 38.7 Å². The van der Waals surface area contributed by atoms with Crippen molar-refractivity contribution in [2.75, 3.05) is 11.9 Å². The highest BCUT2D eigenvalue weighted by Gasteiger charge is 2.30. The molecule has 0 unspecified atom stereocenters. The number of ether oxygens (including phenoxy) is 1. The van der Waals surface area contributed by atoms with E-state index in [0.29, 0.717) is 28.3 Å². The standard InChI is InChI=1S/C21H21N3O4/c1-12-18-16(11-17(14-9-10-14)22-19(18)28-23-12)21(26)27-13(2)20(25)24(3)15-7-5-4-6-8-15/h4-8,11,13-14H,9-10H2,1-3H3/t13-/m0/s1. The van der Waals surface area contributed by atoms with Crippen molar-refractivity contribution in [1.82, 2.24) is 10.1 Å². The zero-order valence-electron chi connectivity index (χ0n) is 16.0. The van der Waals surface area contributed by atoms with Crippen LogP contribution in [0.2, 0.25) is 0 Å². The van der Waals surface area contributed by atoms with Crippen molar-refractivity contribution in [2.24, 2.45) is 0 Å². The van der Waals surface area contributed by atoms with Crippen molar-refractivity contribution in [1.29, 1.82) is 0 Å². The molecule has 1 saturated carbocycles. The summed E-state index contributed by atoms with van der Waals surface area (Å²) >= 11 is 0. The fourth-order valence-corrected chi connectivity index (χ4v) is 3.19. The minimum atomic E-state index is -0.939. The Morgan fingerprint density at radius 1 is 1.25 bits per heavy atom. The van der Waals surface area contributed by atoms with E-state index in [1.54, 1.807) is 27.0 Å². The molecule has 7 heteroatoms. The Labute approximate surface area is 162 Å². The Kier molecular flexibility index (Phi) is 4.58. The topological polar surface area (TPSA) is 85.5 Å². The summed E-state index contributed by atoms with van der Waals surface area (Å²) in [5.41, 5.74) is 2.77. The summed E-state index contributed by atoms with van der Waals surface area (Å²) < 4.78 is 10.8. The van der Waals surface area contributed by atoms with Crippen LogP contribution in [-0.2, 0) is 9.53 Å². The maximum atomic E-state index is 12.9. The molecule has 0 N–H and O–H groups in total. The SMILES string of the molecule is Cc1noc2nc(C3CC3)cc(C(=O)O[C@@H](C)C(=O)N(C)c3ccccc3)c12. The number of hydrogen-bond donors (Lipinski definition) is 0. The molecule has 0 spiro atoms. The molecule has 1 amide bonds. The van der Waals surface area contributed by atoms with E-state index < -0.39 is 12.1 Å². The van der Waals surface area contributed by atoms with Crippen LogP contribution in [0.25, 0.3) is 11.1 Å². The highest BCUT2D eigenvalue weighted by Crippen LogP contribution is 2.40. The highest BCUT2D eigenvalue weighted by atomic mass is 16.5. The summed E-state index contributed by atoms with van der Waals surface area (Å²) in [6.45, 7) is 3.32. The molecule has 3 aromatic rings. The van der Waals surface area contributed by atoms with Crippen molar-refractivity contribution < 1.29 is 18.8 Å². The monoisotopic (exact) mass is 379 g/mol. The number of aryl methyl sites for hydroxylation is 1. The van der Waals surface area contributed by atoms with Gasteiger partial charge in [-0.25, -0.2) is 9.78 Å². The molecule has 1 aromatic carbocycles. The van der Waals surface area contributed by atoms with Crippen LogP contribution in [0, 0.1) is 6.92 Å². The van der Waals surface area contributed by atoms with Gasteiger partial charge in [-0.2, -0.15) is 0 Å². The number of fused-ring (bicyclic) bond motifs is 1. The Morgan fingerprint density at radius 2 is 1.96 bits per heavy atom. The van der Waals surface area contributed by atoms with Crippen LogP contribution in [0.4, 0.5) is 5.69 Å². The summed E-state index contributed by atoms with van der Waals surface area (Å²) in [6, 6.07) is 10.9. The first-order chi connectivity index (χ1) is 13.5. The first kappa shape index (κ1) is 18.2. The number of para-hydroxylation sites is 1. The molecule has 2 aromatic heterocycles. The summed E-state index contributed by atoms with van der Waals surface area (Å²) in [5.74, 6) is -0.554. The van der Waals surface area contributed by atoms with Crippen molar-refractivity contribution in [3.8, 4) is 0 Å². The van der Waals surface area contributed by atoms with Gasteiger partial charge in [0, 0.05) is 24.3 Å². The Bertz CT molecular complexity index is 1040. The number of carbonyl (C=O) groups is 2. The predicted octanol–water partition coefficient (Wildman–Crippen LogP) is 3.62. The molecule has 0 radical (unpaired) electrons. The molecule has 28 heavy (non-hydrogen) atoms. The minimum Gasteiger partial charge on any atom is -0.449 e. The quantitative estimate of drug-likeness (QED) is 0.630. The van der Waals surface area contributed by atoms with Gasteiger partial charge in [0.25, 0.3) is 11.6 Å². The Hall–Kier alpha value is -3.22. The van der Waals surface area contributed by atoms with Gasteiger partial charge in [0.05, 0.1) is 16.6 Å². The van der Waals surface area contributed by atoms with Gasteiger partial charge < -0.3 is 14.2 Å². The first-order valence-corrected chi connectivity index (χ1v) is 9.26. The van der Waals surface area contributed by atoms with Crippen LogP contribution in [0.5, 0.6) is 0 Å². The number of aromatic nitrogens is 2. The van der Waals surface area contributed by atoms with Gasteiger partial charge >= 0.3 is 5.97 Å². The van der Waals surface area contributed by atoms with E-state index in [1.807, 2.05) is 30.3 Å². The van der Waals surface area contributed by atoms with Gasteiger partial charge in [-0.15, -0.1) is 0 Å². The average molecular weight is 379 g/mol. The van der Waals surface area contributed by atoms with Crippen LogP contribution in [0.15, 0.2) is 40.9 Å². The number of pyridine rings is 1. The second kappa shape index (κ2) is 7.07. The summed E-state index contributed by atoms with van der Waals surface area (Å²) in [7, 11) is 1.65. The number of benzene rings is 1. The van der Waals surface area contributed by atoms with E-state index >= 15 is 0 Å². The minimum absolute atomic E-state index is 0.311. The predicted molar refractivity (Wildman–Crippen MR) is 103 cm³/mol. The third-order valence-corrected chi connectivity index (χ3v) is 4.96. The molecule has 1 atom stereocenters. The summed E-state index contributed by atoms with van der Waals surface area (Å²) in [4.78, 5) is 31.5. The van der Waals surface area contributed by atoms with Crippen molar-refractivity contribution in [3.63, 3.8) is 0 Å². The fourth-order valence-electron chi connectivity index (χ4n) is 3.19. The molecule has 4 rings (SSSR count). The molecule has 7 nitrogen and oxygen atoms in total. The fraction of sp³-hybridized carbons (Fsp3) is 0.333. The number of hydrogen-bond acceptors (Lipinski definition) is 6. The molecule has 0 aliphatic heterocycles. The lowest BCUT2D eigenvalue weighted by atomic mass is 10.1. The molecule has 2 heterocycles. The van der Waals surface area contributed by atoms with Gasteiger partial charge in [-0.1, -0.05) is 23.4 Å². The molecule has 0 bridgehead atoms. The van der Waals surface area contributed by atoms with E-state index in [0.717, 1.165) is 24.2 Å². The van der Waals surface area contributed by atoms with Gasteiger partial charge in [-0.3, -0.25) is 4.79 Å². The molecular weight excluding hydrogens is 358 g/mol. The van der Waals surface area contributed by atoms with Gasteiger partial charge in [0.1, 0.15) is 0 Å². The molecule has 1 aliphatic rings. The number of amides is 1. The number of rotatable bonds is 5. The molecule has 1 fully saturated rings. The number of carbonyl (C=O) groups excluding carboxylic acids is 2. The Morgan fingerprint density at radius 3 is 2.64 bits per heavy atom. The number of anilines is 1. The Balaban J connectivity index is 1.58. The third kappa shape index (κ3) is 3.35. The largest absolute Gasteiger partial charge is 0.449 e. The third-order valence-electron chi connectivity index (χ3n) is 4.96. The second-order valence-corrected chi connectivity index (χ2v) is 7.10. The van der Waals surface area contributed by atoms with E-state index in [4.69, 9.17) is 9.26 Å². The zero-order valence-corrected chi connectivity index (χ0v) is 16.0. The van der Waals surface area contributed by atoms with Crippen LogP contribution >= 0.6 is 0 Å². The number of likely N-dealkylation sites (N-methyl/N-ethyl adjacent to an activating group) is 1. The zero-order chi connectivity index (χ0) is 19.8. The first-order valence-electron chi connectivity index (χ1n) is 9.26.